The standard InChI is InChI=1S/C22H25NO2/c1-3-4-6-15-20(24)23-16(2)21(18-13-9-10-14-19(18)23)22(25)17-11-7-5-8-12-17/h5,7-14,20,24H,3-4,6,15H2,1-2H3. The summed E-state index contributed by atoms with van der Waals surface area (Å²) in [6, 6.07) is 17.2. The lowest BCUT2D eigenvalue weighted by atomic mass is 10.0. The summed E-state index contributed by atoms with van der Waals surface area (Å²) >= 11 is 0. The Morgan fingerprint density at radius 2 is 1.72 bits per heavy atom. The summed E-state index contributed by atoms with van der Waals surface area (Å²) in [5.41, 5.74) is 3.12. The molecule has 3 aromatic rings. The molecule has 130 valence electrons. The zero-order valence-electron chi connectivity index (χ0n) is 14.9. The number of aliphatic hydroxyl groups excluding tert-OH is 1. The van der Waals surface area contributed by atoms with Crippen LogP contribution < -0.4 is 0 Å². The highest BCUT2D eigenvalue weighted by atomic mass is 16.3. The van der Waals surface area contributed by atoms with Crippen molar-refractivity contribution in [2.75, 3.05) is 0 Å². The second-order valence-electron chi connectivity index (χ2n) is 6.52. The molecule has 0 amide bonds. The largest absolute Gasteiger partial charge is 0.373 e. The van der Waals surface area contributed by atoms with Crippen LogP contribution in [0.15, 0.2) is 54.6 Å². The summed E-state index contributed by atoms with van der Waals surface area (Å²) in [6.45, 7) is 4.08. The smallest absolute Gasteiger partial charge is 0.195 e. The lowest BCUT2D eigenvalue weighted by Crippen LogP contribution is -2.11. The molecule has 0 bridgehead atoms. The molecule has 3 heteroatoms. The Labute approximate surface area is 148 Å². The van der Waals surface area contributed by atoms with Crippen molar-refractivity contribution in [2.45, 2.75) is 45.8 Å². The van der Waals surface area contributed by atoms with Crippen LogP contribution in [0.1, 0.15) is 60.5 Å². The van der Waals surface area contributed by atoms with Gasteiger partial charge in [0, 0.05) is 16.6 Å². The fourth-order valence-electron chi connectivity index (χ4n) is 3.50. The Bertz CT molecular complexity index is 864. The minimum atomic E-state index is -0.603. The summed E-state index contributed by atoms with van der Waals surface area (Å²) in [5.74, 6) is 0.00816. The molecule has 1 heterocycles. The molecule has 25 heavy (non-hydrogen) atoms. The maximum Gasteiger partial charge on any atom is 0.195 e. The number of unbranched alkanes of at least 4 members (excludes halogenated alkanes) is 2. The van der Waals surface area contributed by atoms with Crippen molar-refractivity contribution in [3.05, 3.63) is 71.4 Å². The van der Waals surface area contributed by atoms with E-state index >= 15 is 0 Å². The van der Waals surface area contributed by atoms with Crippen LogP contribution in [0.5, 0.6) is 0 Å². The van der Waals surface area contributed by atoms with Crippen LogP contribution in [0, 0.1) is 6.92 Å². The average molecular weight is 335 g/mol. The van der Waals surface area contributed by atoms with E-state index in [1.807, 2.05) is 66.1 Å². The van der Waals surface area contributed by atoms with Crippen LogP contribution in [-0.4, -0.2) is 15.5 Å². The number of benzene rings is 2. The molecule has 0 saturated carbocycles. The Morgan fingerprint density at radius 3 is 2.44 bits per heavy atom. The van der Waals surface area contributed by atoms with E-state index in [2.05, 4.69) is 6.92 Å². The van der Waals surface area contributed by atoms with Crippen molar-refractivity contribution in [1.82, 2.24) is 4.57 Å². The third kappa shape index (κ3) is 3.38. The highest BCUT2D eigenvalue weighted by Gasteiger charge is 2.23. The highest BCUT2D eigenvalue weighted by Crippen LogP contribution is 2.31. The van der Waals surface area contributed by atoms with Gasteiger partial charge in [0.25, 0.3) is 0 Å². The molecule has 0 spiro atoms. The number of aromatic nitrogens is 1. The molecule has 1 N–H and O–H groups in total. The predicted octanol–water partition coefficient (Wildman–Crippen LogP) is 5.25. The van der Waals surface area contributed by atoms with E-state index in [-0.39, 0.29) is 5.78 Å². The molecular formula is C22H25NO2. The van der Waals surface area contributed by atoms with Crippen LogP contribution in [-0.2, 0) is 0 Å². The number of aliphatic hydroxyl groups is 1. The van der Waals surface area contributed by atoms with Crippen molar-refractivity contribution in [2.24, 2.45) is 0 Å². The van der Waals surface area contributed by atoms with Gasteiger partial charge in [0.1, 0.15) is 6.23 Å². The van der Waals surface area contributed by atoms with Gasteiger partial charge in [-0.3, -0.25) is 4.79 Å². The van der Waals surface area contributed by atoms with E-state index in [4.69, 9.17) is 0 Å². The highest BCUT2D eigenvalue weighted by molar-refractivity contribution is 6.17. The van der Waals surface area contributed by atoms with Gasteiger partial charge in [-0.2, -0.15) is 0 Å². The van der Waals surface area contributed by atoms with Gasteiger partial charge in [-0.25, -0.2) is 0 Å². The van der Waals surface area contributed by atoms with Crippen molar-refractivity contribution >= 4 is 16.7 Å². The van der Waals surface area contributed by atoms with Gasteiger partial charge in [-0.15, -0.1) is 0 Å². The van der Waals surface area contributed by atoms with Crippen LogP contribution in [0.2, 0.25) is 0 Å². The number of hydrogen-bond acceptors (Lipinski definition) is 2. The first-order valence-corrected chi connectivity index (χ1v) is 9.02. The maximum atomic E-state index is 13.1. The fraction of sp³-hybridized carbons (Fsp3) is 0.318. The van der Waals surface area contributed by atoms with Gasteiger partial charge in [-0.1, -0.05) is 68.3 Å². The zero-order valence-corrected chi connectivity index (χ0v) is 14.9. The number of ketones is 1. The Hall–Kier alpha value is -2.39. The van der Waals surface area contributed by atoms with Crippen molar-refractivity contribution in [3.63, 3.8) is 0 Å². The average Bonchev–Trinajstić information content (AvgIpc) is 2.94. The summed E-state index contributed by atoms with van der Waals surface area (Å²) in [4.78, 5) is 13.1. The van der Waals surface area contributed by atoms with Crippen LogP contribution >= 0.6 is 0 Å². The van der Waals surface area contributed by atoms with E-state index in [0.717, 1.165) is 35.9 Å². The molecule has 0 saturated heterocycles. The molecule has 0 aliphatic carbocycles. The Balaban J connectivity index is 2.08. The Morgan fingerprint density at radius 1 is 1.04 bits per heavy atom. The summed E-state index contributed by atoms with van der Waals surface area (Å²) < 4.78 is 1.92. The van der Waals surface area contributed by atoms with E-state index in [0.29, 0.717) is 17.5 Å². The number of para-hydroxylation sites is 1. The van der Waals surface area contributed by atoms with Crippen LogP contribution in [0.3, 0.4) is 0 Å². The molecule has 0 fully saturated rings. The number of carbonyl (C=O) groups excluding carboxylic acids is 1. The lowest BCUT2D eigenvalue weighted by molar-refractivity contribution is 0.0935. The summed E-state index contributed by atoms with van der Waals surface area (Å²) in [5, 5.41) is 11.6. The fourth-order valence-corrected chi connectivity index (χ4v) is 3.50. The van der Waals surface area contributed by atoms with Crippen LogP contribution in [0.4, 0.5) is 0 Å². The van der Waals surface area contributed by atoms with Crippen molar-refractivity contribution < 1.29 is 9.90 Å². The Kier molecular flexibility index (Phi) is 5.34. The first-order valence-electron chi connectivity index (χ1n) is 9.02. The molecule has 0 aliphatic heterocycles. The van der Waals surface area contributed by atoms with E-state index in [9.17, 15) is 9.90 Å². The molecular weight excluding hydrogens is 310 g/mol. The summed E-state index contributed by atoms with van der Waals surface area (Å²) in [7, 11) is 0. The number of rotatable bonds is 7. The second kappa shape index (κ2) is 7.66. The molecule has 1 atom stereocenters. The lowest BCUT2D eigenvalue weighted by Gasteiger charge is -2.16. The molecule has 3 rings (SSSR count). The minimum absolute atomic E-state index is 0.00816. The molecule has 0 radical (unpaired) electrons. The predicted molar refractivity (Wildman–Crippen MR) is 102 cm³/mol. The first-order chi connectivity index (χ1) is 12.1. The topological polar surface area (TPSA) is 42.2 Å². The zero-order chi connectivity index (χ0) is 17.8. The molecule has 0 aliphatic rings. The van der Waals surface area contributed by atoms with Crippen molar-refractivity contribution in [3.8, 4) is 0 Å². The number of carbonyl (C=O) groups is 1. The third-order valence-electron chi connectivity index (χ3n) is 4.78. The van der Waals surface area contributed by atoms with E-state index in [1.165, 1.54) is 0 Å². The molecule has 1 aromatic heterocycles. The second-order valence-corrected chi connectivity index (χ2v) is 6.52. The van der Waals surface area contributed by atoms with Gasteiger partial charge < -0.3 is 9.67 Å². The van der Waals surface area contributed by atoms with E-state index in [1.54, 1.807) is 0 Å². The molecule has 2 aromatic carbocycles. The van der Waals surface area contributed by atoms with Crippen molar-refractivity contribution in [1.29, 1.82) is 0 Å². The number of nitrogens with zero attached hydrogens (tertiary/aromatic N) is 1. The third-order valence-corrected chi connectivity index (χ3v) is 4.78. The molecule has 1 unspecified atom stereocenters. The monoisotopic (exact) mass is 335 g/mol. The van der Waals surface area contributed by atoms with Gasteiger partial charge in [0.05, 0.1) is 11.1 Å². The number of fused-ring (bicyclic) bond motifs is 1. The van der Waals surface area contributed by atoms with Gasteiger partial charge in [-0.05, 0) is 25.8 Å². The van der Waals surface area contributed by atoms with Gasteiger partial charge in [0.2, 0.25) is 0 Å². The first kappa shape index (κ1) is 17.4. The maximum absolute atomic E-state index is 13.1. The quantitative estimate of drug-likeness (QED) is 0.473. The van der Waals surface area contributed by atoms with Gasteiger partial charge in [0.15, 0.2) is 5.78 Å². The molecule has 3 nitrogen and oxygen atoms in total. The van der Waals surface area contributed by atoms with Crippen LogP contribution in [0.25, 0.3) is 10.9 Å². The number of hydrogen-bond donors (Lipinski definition) is 1. The normalized spacial score (nSPS) is 12.4. The minimum Gasteiger partial charge on any atom is -0.373 e. The summed E-state index contributed by atoms with van der Waals surface area (Å²) in [6.07, 6.45) is 3.30. The van der Waals surface area contributed by atoms with E-state index < -0.39 is 6.23 Å². The SMILES string of the molecule is CCCCCC(O)n1c(C)c(C(=O)c2ccccc2)c2ccccc21. The van der Waals surface area contributed by atoms with Gasteiger partial charge >= 0.3 is 0 Å².